The van der Waals surface area contributed by atoms with Crippen LogP contribution in [-0.4, -0.2) is 35.3 Å². The number of primary amides is 1. The molecule has 0 spiro atoms. The molecule has 3 heterocycles. The molecule has 0 atom stereocenters. The van der Waals surface area contributed by atoms with Gasteiger partial charge in [-0.1, -0.05) is 13.0 Å². The Hall–Kier alpha value is -4.17. The summed E-state index contributed by atoms with van der Waals surface area (Å²) in [4.78, 5) is 16.8. The number of aryl methyl sites for hydroxylation is 2. The third-order valence-corrected chi connectivity index (χ3v) is 6.57. The Labute approximate surface area is 216 Å². The van der Waals surface area contributed by atoms with Gasteiger partial charge in [0.25, 0.3) is 0 Å². The zero-order valence-electron chi connectivity index (χ0n) is 22.0. The smallest absolute Gasteiger partial charge is 0.249 e. The highest BCUT2D eigenvalue weighted by molar-refractivity contribution is 5.95. The normalized spacial score (nSPS) is 11.9. The van der Waals surface area contributed by atoms with Crippen LogP contribution in [0.3, 0.4) is 0 Å². The van der Waals surface area contributed by atoms with Crippen LogP contribution < -0.4 is 11.1 Å². The summed E-state index contributed by atoms with van der Waals surface area (Å²) in [5.41, 5.74) is 13.3. The van der Waals surface area contributed by atoms with Crippen molar-refractivity contribution in [2.24, 2.45) is 12.8 Å². The quantitative estimate of drug-likeness (QED) is 0.340. The molecule has 0 saturated carbocycles. The van der Waals surface area contributed by atoms with Crippen molar-refractivity contribution in [3.8, 4) is 22.6 Å². The highest BCUT2D eigenvalue weighted by Gasteiger charge is 2.18. The maximum absolute atomic E-state index is 12.1. The summed E-state index contributed by atoms with van der Waals surface area (Å²) in [6.45, 7) is 9.02. The van der Waals surface area contributed by atoms with Crippen LogP contribution in [0, 0.1) is 0 Å². The van der Waals surface area contributed by atoms with Gasteiger partial charge in [0.2, 0.25) is 5.91 Å². The van der Waals surface area contributed by atoms with E-state index in [2.05, 4.69) is 82.7 Å². The molecule has 0 bridgehead atoms. The zero-order valence-corrected chi connectivity index (χ0v) is 22.0. The van der Waals surface area contributed by atoms with Crippen LogP contribution in [0.15, 0.2) is 67.5 Å². The van der Waals surface area contributed by atoms with Gasteiger partial charge in [0.05, 0.1) is 29.4 Å². The fourth-order valence-corrected chi connectivity index (χ4v) is 4.68. The molecule has 3 N–H and O–H groups in total. The molecule has 2 aromatic carbocycles. The summed E-state index contributed by atoms with van der Waals surface area (Å²) < 4.78 is 6.05. The van der Waals surface area contributed by atoms with E-state index >= 15 is 0 Å². The lowest BCUT2D eigenvalue weighted by Gasteiger charge is -2.22. The van der Waals surface area contributed by atoms with E-state index in [0.717, 1.165) is 40.1 Å². The predicted octanol–water partition coefficient (Wildman–Crippen LogP) is 4.77. The number of amides is 1. The third kappa shape index (κ3) is 4.80. The van der Waals surface area contributed by atoms with Crippen molar-refractivity contribution in [1.29, 1.82) is 0 Å². The maximum Gasteiger partial charge on any atom is 0.249 e. The van der Waals surface area contributed by atoms with Crippen molar-refractivity contribution < 1.29 is 4.79 Å². The topological polar surface area (TPSA) is 95.7 Å². The first-order valence-electron chi connectivity index (χ1n) is 12.5. The van der Waals surface area contributed by atoms with Crippen molar-refractivity contribution in [3.63, 3.8) is 0 Å². The van der Waals surface area contributed by atoms with E-state index in [-0.39, 0.29) is 5.54 Å². The van der Waals surface area contributed by atoms with Crippen molar-refractivity contribution in [2.75, 3.05) is 0 Å². The van der Waals surface area contributed by atoms with Gasteiger partial charge < -0.3 is 20.2 Å². The van der Waals surface area contributed by atoms with Crippen molar-refractivity contribution in [2.45, 2.75) is 46.2 Å². The Morgan fingerprint density at radius 1 is 1.08 bits per heavy atom. The van der Waals surface area contributed by atoms with Gasteiger partial charge in [-0.2, -0.15) is 5.10 Å². The molecule has 0 unspecified atom stereocenters. The number of carbonyl (C=O) groups is 1. The average molecular weight is 496 g/mol. The number of aromatic nitrogens is 5. The molecule has 8 heteroatoms. The molecule has 0 aliphatic carbocycles. The molecular weight excluding hydrogens is 462 g/mol. The number of rotatable bonds is 7. The van der Waals surface area contributed by atoms with E-state index < -0.39 is 5.91 Å². The number of fused-ring (bicyclic) bond motifs is 1. The highest BCUT2D eigenvalue weighted by atomic mass is 16.1. The van der Waals surface area contributed by atoms with Crippen LogP contribution in [0.5, 0.6) is 0 Å². The van der Waals surface area contributed by atoms with Gasteiger partial charge in [-0.15, -0.1) is 0 Å². The molecule has 0 aliphatic heterocycles. The van der Waals surface area contributed by atoms with Crippen LogP contribution in [0.4, 0.5) is 0 Å². The molecule has 8 nitrogen and oxygen atoms in total. The van der Waals surface area contributed by atoms with Gasteiger partial charge in [0.1, 0.15) is 0 Å². The summed E-state index contributed by atoms with van der Waals surface area (Å²) in [7, 11) is 1.90. The van der Waals surface area contributed by atoms with Crippen LogP contribution in [0.25, 0.3) is 33.5 Å². The van der Waals surface area contributed by atoms with Gasteiger partial charge in [-0.3, -0.25) is 9.48 Å². The van der Waals surface area contributed by atoms with Gasteiger partial charge in [-0.25, -0.2) is 4.98 Å². The molecule has 37 heavy (non-hydrogen) atoms. The second-order valence-corrected chi connectivity index (χ2v) is 10.4. The molecule has 3 aromatic heterocycles. The molecule has 1 amide bonds. The number of carbonyl (C=O) groups excluding carboxylic acids is 1. The summed E-state index contributed by atoms with van der Waals surface area (Å²) >= 11 is 0. The van der Waals surface area contributed by atoms with Crippen molar-refractivity contribution >= 4 is 16.8 Å². The number of benzene rings is 2. The summed E-state index contributed by atoms with van der Waals surface area (Å²) in [6, 6.07) is 12.2. The number of nitrogens with one attached hydrogen (secondary N) is 1. The minimum Gasteiger partial charge on any atom is -0.366 e. The number of hydrogen-bond acceptors (Lipinski definition) is 4. The molecule has 0 radical (unpaired) electrons. The average Bonchev–Trinajstić information content (AvgIpc) is 3.60. The minimum atomic E-state index is -0.421. The Kier molecular flexibility index (Phi) is 6.21. The molecule has 0 aliphatic rings. The summed E-state index contributed by atoms with van der Waals surface area (Å²) in [6.07, 6.45) is 10.7. The van der Waals surface area contributed by atoms with Crippen molar-refractivity contribution in [1.82, 2.24) is 29.2 Å². The fourth-order valence-electron chi connectivity index (χ4n) is 4.68. The second-order valence-electron chi connectivity index (χ2n) is 10.4. The van der Waals surface area contributed by atoms with Crippen LogP contribution in [0.2, 0.25) is 0 Å². The van der Waals surface area contributed by atoms with Crippen LogP contribution >= 0.6 is 0 Å². The first-order chi connectivity index (χ1) is 17.6. The first-order valence-corrected chi connectivity index (χ1v) is 12.5. The third-order valence-electron chi connectivity index (χ3n) is 6.57. The Balaban J connectivity index is 1.61. The van der Waals surface area contributed by atoms with Crippen molar-refractivity contribution in [3.05, 3.63) is 84.2 Å². The summed E-state index contributed by atoms with van der Waals surface area (Å²) in [5.74, 6) is -0.421. The molecule has 5 aromatic rings. The lowest BCUT2D eigenvalue weighted by atomic mass is 10.0. The summed E-state index contributed by atoms with van der Waals surface area (Å²) in [5, 5.41) is 8.93. The van der Waals surface area contributed by atoms with Crippen LogP contribution in [-0.2, 0) is 20.0 Å². The number of nitrogens with zero attached hydrogens (tertiary/aromatic N) is 5. The van der Waals surface area contributed by atoms with Crippen LogP contribution in [0.1, 0.15) is 49.2 Å². The Morgan fingerprint density at radius 3 is 2.57 bits per heavy atom. The van der Waals surface area contributed by atoms with E-state index in [9.17, 15) is 4.79 Å². The standard InChI is InChI=1S/C29H33N7O/c1-6-19-16-36(22-10-11-23(28(30)37)20(12-22)13-32-29(2,3)4)26-9-7-8-25(27(19)26)35-17-24(31-18-35)21-14-33-34(5)15-21/h7-12,14-18,32H,6,13H2,1-5H3,(H2,30,37). The first kappa shape index (κ1) is 24.5. The van der Waals surface area contributed by atoms with Gasteiger partial charge in [0, 0.05) is 59.9 Å². The fraction of sp³-hybridized carbons (Fsp3) is 0.276. The van der Waals surface area contributed by atoms with Gasteiger partial charge in [-0.05, 0) is 68.7 Å². The lowest BCUT2D eigenvalue weighted by Crippen LogP contribution is -2.35. The van der Waals surface area contributed by atoms with E-state index in [0.29, 0.717) is 12.1 Å². The second kappa shape index (κ2) is 9.37. The van der Waals surface area contributed by atoms with E-state index in [1.54, 1.807) is 4.68 Å². The van der Waals surface area contributed by atoms with Gasteiger partial charge in [0.15, 0.2) is 0 Å². The Morgan fingerprint density at radius 2 is 1.89 bits per heavy atom. The van der Waals surface area contributed by atoms with E-state index in [1.165, 1.54) is 10.9 Å². The maximum atomic E-state index is 12.1. The predicted molar refractivity (Wildman–Crippen MR) is 147 cm³/mol. The molecule has 190 valence electrons. The number of imidazole rings is 1. The monoisotopic (exact) mass is 495 g/mol. The zero-order chi connectivity index (χ0) is 26.3. The minimum absolute atomic E-state index is 0.0885. The number of hydrogen-bond donors (Lipinski definition) is 2. The molecule has 0 fully saturated rings. The van der Waals surface area contributed by atoms with E-state index in [4.69, 9.17) is 5.73 Å². The molecule has 5 rings (SSSR count). The lowest BCUT2D eigenvalue weighted by molar-refractivity contribution is 0.0999. The van der Waals surface area contributed by atoms with E-state index in [1.807, 2.05) is 44.1 Å². The van der Waals surface area contributed by atoms with Gasteiger partial charge >= 0.3 is 0 Å². The SMILES string of the molecule is CCc1cn(-c2ccc(C(N)=O)c(CNC(C)(C)C)c2)c2cccc(-n3cnc(-c4cnn(C)c4)c3)c12. The largest absolute Gasteiger partial charge is 0.366 e. The molecular formula is C29H33N7O. The Bertz CT molecular complexity index is 1600. The highest BCUT2D eigenvalue weighted by Crippen LogP contribution is 2.32. The number of nitrogens with two attached hydrogens (primary N) is 1. The molecule has 0 saturated heterocycles.